The van der Waals surface area contributed by atoms with E-state index in [1.54, 1.807) is 50.4 Å². The zero-order valence-corrected chi connectivity index (χ0v) is 58.6. The monoisotopic (exact) mass is 1420 g/mol. The minimum Gasteiger partial charge on any atom is -0.508 e. The summed E-state index contributed by atoms with van der Waals surface area (Å²) < 4.78 is 5.96. The van der Waals surface area contributed by atoms with E-state index < -0.39 is 108 Å². The lowest BCUT2D eigenvalue weighted by Crippen LogP contribution is -2.61. The highest BCUT2D eigenvalue weighted by Crippen LogP contribution is 2.45. The molecular weight excluding hydrogens is 1330 g/mol. The molecule has 0 spiro atoms. The van der Waals surface area contributed by atoms with Crippen LogP contribution in [0.5, 0.6) is 11.5 Å². The van der Waals surface area contributed by atoms with Gasteiger partial charge in [0.1, 0.15) is 59.8 Å². The van der Waals surface area contributed by atoms with Gasteiger partial charge in [-0.2, -0.15) is 25.3 Å². The fourth-order valence-corrected chi connectivity index (χ4v) is 14.0. The number of alkyl carbamates (subject to hydrolysis) is 1. The zero-order valence-electron chi connectivity index (χ0n) is 56.8. The number of unbranched alkanes of at least 4 members (excludes halogenated alkanes) is 1. The number of phenols is 2. The number of carbonyl (C=O) groups is 9. The van der Waals surface area contributed by atoms with E-state index in [9.17, 15) is 58.5 Å². The summed E-state index contributed by atoms with van der Waals surface area (Å²) in [7, 11) is 0. The van der Waals surface area contributed by atoms with Gasteiger partial charge in [-0.3, -0.25) is 38.5 Å². The summed E-state index contributed by atoms with van der Waals surface area (Å²) >= 11 is 8.77. The number of piperidine rings is 1. The van der Waals surface area contributed by atoms with Crippen molar-refractivity contribution in [3.05, 3.63) is 167 Å². The Morgan fingerprint density at radius 1 is 0.574 bits per heavy atom. The Morgan fingerprint density at radius 2 is 1.09 bits per heavy atom. The number of aromatic hydroxyl groups is 2. The number of hydrogen-bond donors (Lipinski definition) is 16. The van der Waals surface area contributed by atoms with Crippen LogP contribution in [0.3, 0.4) is 0 Å². The highest BCUT2D eigenvalue weighted by atomic mass is 32.1. The Kier molecular flexibility index (Phi) is 27.1. The molecule has 101 heavy (non-hydrogen) atoms. The SMILES string of the molecule is CCCN1C[C@H](COC(=O)N[C@H](Cc2ccccc2)C(=O)N[C@@H](CS)C(=O)N[C@@H](Cc2ccc(O)cc2)C(=O)N[C@H](Cc2ccc(O)cc2)C(=O)N[C@@H](CCCCN)C(=O)N[C@H](C(=O)N[C@@H](CS)C(=O)N[C@@H](Cc2c[nH]c3ccccc23)C(=O)O)C(C)C)CC2c3cccc4[nH]cc(c34)CC21. The maximum atomic E-state index is 15.0. The number of aromatic amines is 2. The third-order valence-corrected chi connectivity index (χ3v) is 19.4. The van der Waals surface area contributed by atoms with Crippen LogP contribution in [0.25, 0.3) is 21.8 Å². The van der Waals surface area contributed by atoms with Crippen LogP contribution >= 0.6 is 25.3 Å². The number of likely N-dealkylation sites (tertiary alicyclic amines) is 1. The number of aliphatic carboxylic acids is 1. The van der Waals surface area contributed by atoms with Gasteiger partial charge in [0.15, 0.2) is 0 Å². The Balaban J connectivity index is 0.884. The van der Waals surface area contributed by atoms with Crippen LogP contribution in [0.4, 0.5) is 4.79 Å². The molecule has 25 nitrogen and oxygen atoms in total. The molecule has 1 aliphatic carbocycles. The number of carbonyl (C=O) groups excluding carboxylic acids is 8. The Morgan fingerprint density at radius 3 is 1.67 bits per heavy atom. The van der Waals surface area contributed by atoms with Gasteiger partial charge < -0.3 is 78.3 Å². The Hall–Kier alpha value is -9.57. The van der Waals surface area contributed by atoms with E-state index in [4.69, 9.17) is 10.5 Å². The fourth-order valence-electron chi connectivity index (χ4n) is 13.4. The van der Waals surface area contributed by atoms with Gasteiger partial charge in [-0.15, -0.1) is 0 Å². The number of amides is 8. The molecule has 7 aromatic rings. The highest BCUT2D eigenvalue weighted by molar-refractivity contribution is 7.80. The summed E-state index contributed by atoms with van der Waals surface area (Å²) in [4.78, 5) is 137. The minimum absolute atomic E-state index is 0.00190. The van der Waals surface area contributed by atoms with Gasteiger partial charge >= 0.3 is 12.1 Å². The lowest BCUT2D eigenvalue weighted by atomic mass is 9.72. The largest absolute Gasteiger partial charge is 0.508 e. The predicted molar refractivity (Wildman–Crippen MR) is 389 cm³/mol. The molecule has 0 bridgehead atoms. The van der Waals surface area contributed by atoms with E-state index in [2.05, 4.69) is 114 Å². The molecule has 1 aliphatic heterocycles. The van der Waals surface area contributed by atoms with E-state index >= 15 is 0 Å². The molecule has 0 saturated carbocycles. The smallest absolute Gasteiger partial charge is 0.407 e. The molecule has 3 heterocycles. The van der Waals surface area contributed by atoms with Crippen molar-refractivity contribution in [3.63, 3.8) is 0 Å². The summed E-state index contributed by atoms with van der Waals surface area (Å²) in [5, 5.41) is 54.2. The number of para-hydroxylation sites is 1. The molecule has 8 amide bonds. The number of phenolic OH excluding ortho intramolecular Hbond substituents is 2. The maximum Gasteiger partial charge on any atom is 0.407 e. The third kappa shape index (κ3) is 20.3. The molecule has 538 valence electrons. The molecule has 1 saturated heterocycles. The number of benzene rings is 5. The van der Waals surface area contributed by atoms with Crippen LogP contribution in [0, 0.1) is 11.8 Å². The average Bonchev–Trinajstić information content (AvgIpc) is 1.68. The topological polar surface area (TPSA) is 381 Å². The van der Waals surface area contributed by atoms with Crippen LogP contribution in [0.15, 0.2) is 134 Å². The third-order valence-electron chi connectivity index (χ3n) is 18.7. The molecule has 2 aliphatic rings. The highest BCUT2D eigenvalue weighted by Gasteiger charge is 2.42. The first kappa shape index (κ1) is 75.6. The van der Waals surface area contributed by atoms with Gasteiger partial charge in [-0.1, -0.05) is 106 Å². The standard InChI is InChI=1S/C74H92N12O13S2/c1-4-29-86-38-46(30-53-52-16-12-19-55-64(52)48(37-77-55)35-63(53)86)39-99-74(98)84-59(31-43-13-6-5-7-14-43)69(92)82-61(40-100)70(93)80-58(33-45-22-26-50(88)27-23-45)68(91)79-57(32-44-20-24-49(87)25-21-44)67(90)78-56(18-10-11-28-75)66(89)85-65(42(2)3)72(95)83-62(41-101)71(94)81-60(73(96)97)34-47-36-76-54-17-9-8-15-51(47)54/h5-9,12-17,19-27,36-37,42,46,53,56-63,65,76-77,87-88,100-101H,4,10-11,18,28-35,38-41,75H2,1-3H3,(H,78,90)(H,79,91)(H,80,93)(H,81,94)(H,82,92)(H,83,95)(H,84,98)(H,85,89)(H,96,97)/t46-,53?,56+,57-,58+,59-,60+,61+,62+,63?,65+/m1/s1. The summed E-state index contributed by atoms with van der Waals surface area (Å²) in [5.74, 6) is -8.26. The second-order valence-electron chi connectivity index (χ2n) is 26.4. The van der Waals surface area contributed by atoms with Crippen molar-refractivity contribution in [2.24, 2.45) is 17.6 Å². The number of ether oxygens (including phenoxy) is 1. The second-order valence-corrected chi connectivity index (χ2v) is 27.2. The van der Waals surface area contributed by atoms with Gasteiger partial charge in [0, 0.05) is 95.8 Å². The van der Waals surface area contributed by atoms with E-state index in [-0.39, 0.29) is 80.1 Å². The molecule has 27 heteroatoms. The van der Waals surface area contributed by atoms with E-state index in [0.29, 0.717) is 41.1 Å². The number of nitrogens with one attached hydrogen (secondary N) is 10. The van der Waals surface area contributed by atoms with Gasteiger partial charge in [0.05, 0.1) is 6.61 Å². The molecule has 5 aromatic carbocycles. The van der Waals surface area contributed by atoms with Crippen LogP contribution in [0.2, 0.25) is 0 Å². The lowest BCUT2D eigenvalue weighted by molar-refractivity contribution is -0.142. The molecule has 2 unspecified atom stereocenters. The number of nitrogens with two attached hydrogens (primary N) is 1. The number of rotatable bonds is 35. The van der Waals surface area contributed by atoms with Crippen molar-refractivity contribution in [3.8, 4) is 11.5 Å². The number of nitrogens with zero attached hydrogens (tertiary/aromatic N) is 1. The molecule has 1 fully saturated rings. The summed E-state index contributed by atoms with van der Waals surface area (Å²) in [6, 6.07) is 23.5. The molecule has 0 radical (unpaired) electrons. The normalized spacial score (nSPS) is 17.3. The van der Waals surface area contributed by atoms with Crippen molar-refractivity contribution < 1.29 is 63.2 Å². The second kappa shape index (κ2) is 36.2. The number of H-pyrrole nitrogens is 2. The average molecular weight is 1420 g/mol. The quantitative estimate of drug-likeness (QED) is 0.0184. The predicted octanol–water partition coefficient (Wildman–Crippen LogP) is 4.99. The van der Waals surface area contributed by atoms with E-state index in [0.717, 1.165) is 48.8 Å². The summed E-state index contributed by atoms with van der Waals surface area (Å²) in [6.07, 6.45) is 5.84. The molecule has 2 aromatic heterocycles. The van der Waals surface area contributed by atoms with Crippen molar-refractivity contribution >= 4 is 100 Å². The number of thiol groups is 2. The maximum absolute atomic E-state index is 15.0. The van der Waals surface area contributed by atoms with Crippen LogP contribution in [-0.2, 0) is 75.2 Å². The number of carboxylic acids is 1. The molecule has 9 rings (SSSR count). The van der Waals surface area contributed by atoms with Crippen molar-refractivity contribution in [1.29, 1.82) is 0 Å². The molecule has 11 atom stereocenters. The van der Waals surface area contributed by atoms with Crippen LogP contribution in [0.1, 0.15) is 92.2 Å². The number of carboxylic acid groups (broad SMARTS) is 1. The van der Waals surface area contributed by atoms with Crippen LogP contribution in [-0.4, -0.2) is 176 Å². The van der Waals surface area contributed by atoms with Crippen molar-refractivity contribution in [1.82, 2.24) is 57.4 Å². The number of fused-ring (bicyclic) bond motifs is 3. The number of aromatic nitrogens is 2. The zero-order chi connectivity index (χ0) is 72.3. The van der Waals surface area contributed by atoms with Crippen molar-refractivity contribution in [2.45, 2.75) is 145 Å². The number of hydrogen-bond acceptors (Lipinski definition) is 16. The van der Waals surface area contributed by atoms with E-state index in [1.165, 1.54) is 65.0 Å². The van der Waals surface area contributed by atoms with Crippen LogP contribution < -0.4 is 48.3 Å². The summed E-state index contributed by atoms with van der Waals surface area (Å²) in [6.45, 7) is 7.37. The minimum atomic E-state index is -1.49. The fraction of sp³-hybridized carbons (Fsp3) is 0.419. The van der Waals surface area contributed by atoms with E-state index in [1.807, 2.05) is 24.3 Å². The lowest BCUT2D eigenvalue weighted by Gasteiger charge is -2.47. The first-order chi connectivity index (χ1) is 48.6. The Labute approximate surface area is 597 Å². The van der Waals surface area contributed by atoms with Gasteiger partial charge in [0.25, 0.3) is 0 Å². The summed E-state index contributed by atoms with van der Waals surface area (Å²) in [5.41, 5.74) is 12.6. The molecular formula is C74H92N12O13S2. The van der Waals surface area contributed by atoms with Crippen molar-refractivity contribution in [2.75, 3.05) is 37.7 Å². The molecule has 15 N–H and O–H groups in total. The van der Waals surface area contributed by atoms with Gasteiger partial charge in [0.2, 0.25) is 41.4 Å². The van der Waals surface area contributed by atoms with Gasteiger partial charge in [-0.05, 0) is 127 Å². The Bertz CT molecular complexity index is 4010. The first-order valence-electron chi connectivity index (χ1n) is 34.3. The van der Waals surface area contributed by atoms with Gasteiger partial charge in [-0.25, -0.2) is 9.59 Å². The first-order valence-corrected chi connectivity index (χ1v) is 35.6.